The molecule has 1 aliphatic carbocycles. The highest BCUT2D eigenvalue weighted by molar-refractivity contribution is 5.08. The van der Waals surface area contributed by atoms with E-state index in [1.807, 2.05) is 12.3 Å². The van der Waals surface area contributed by atoms with E-state index in [9.17, 15) is 0 Å². The minimum absolute atomic E-state index is 0.592. The van der Waals surface area contributed by atoms with E-state index in [4.69, 9.17) is 0 Å². The molecule has 2 rings (SSSR count). The molecular formula is C10H13N. The zero-order valence-electron chi connectivity index (χ0n) is 6.88. The largest absolute Gasteiger partial charge is 0.261 e. The van der Waals surface area contributed by atoms with Crippen LogP contribution in [-0.4, -0.2) is 4.98 Å². The summed E-state index contributed by atoms with van der Waals surface area (Å²) in [6, 6.07) is 6.15. The highest BCUT2D eigenvalue weighted by Gasteiger charge is 2.37. The lowest BCUT2D eigenvalue weighted by Gasteiger charge is -2.05. The zero-order valence-corrected chi connectivity index (χ0v) is 6.88. The average Bonchev–Trinajstić information content (AvgIpc) is 2.70. The fourth-order valence-corrected chi connectivity index (χ4v) is 1.33. The Bertz CT molecular complexity index is 236. The van der Waals surface area contributed by atoms with Gasteiger partial charge in [-0.2, -0.15) is 0 Å². The van der Waals surface area contributed by atoms with Crippen LogP contribution in [0.15, 0.2) is 24.4 Å². The molecule has 1 aromatic heterocycles. The SMILES string of the molecule is CC1(Cc2ccccn2)CC1. The lowest BCUT2D eigenvalue weighted by Crippen LogP contribution is -2.00. The number of hydrogen-bond acceptors (Lipinski definition) is 1. The smallest absolute Gasteiger partial charge is 0.0409 e. The minimum Gasteiger partial charge on any atom is -0.261 e. The maximum absolute atomic E-state index is 4.30. The van der Waals surface area contributed by atoms with Gasteiger partial charge in [-0.1, -0.05) is 13.0 Å². The Morgan fingerprint density at radius 3 is 2.82 bits per heavy atom. The van der Waals surface area contributed by atoms with Crippen molar-refractivity contribution in [2.45, 2.75) is 26.2 Å². The molecule has 1 heterocycles. The monoisotopic (exact) mass is 147 g/mol. The molecule has 0 spiro atoms. The number of rotatable bonds is 2. The molecule has 58 valence electrons. The van der Waals surface area contributed by atoms with Crippen LogP contribution < -0.4 is 0 Å². The van der Waals surface area contributed by atoms with Gasteiger partial charge in [0.15, 0.2) is 0 Å². The molecule has 0 bridgehead atoms. The van der Waals surface area contributed by atoms with Gasteiger partial charge in [0.1, 0.15) is 0 Å². The molecule has 0 N–H and O–H groups in total. The summed E-state index contributed by atoms with van der Waals surface area (Å²) < 4.78 is 0. The van der Waals surface area contributed by atoms with E-state index >= 15 is 0 Å². The van der Waals surface area contributed by atoms with Crippen molar-refractivity contribution < 1.29 is 0 Å². The molecule has 0 unspecified atom stereocenters. The minimum atomic E-state index is 0.592. The third-order valence-electron chi connectivity index (χ3n) is 2.44. The van der Waals surface area contributed by atoms with Gasteiger partial charge in [-0.3, -0.25) is 4.98 Å². The maximum Gasteiger partial charge on any atom is 0.0409 e. The molecule has 1 aliphatic rings. The Morgan fingerprint density at radius 2 is 2.27 bits per heavy atom. The van der Waals surface area contributed by atoms with Gasteiger partial charge in [-0.05, 0) is 36.8 Å². The summed E-state index contributed by atoms with van der Waals surface area (Å²) in [5.74, 6) is 0. The second kappa shape index (κ2) is 2.33. The summed E-state index contributed by atoms with van der Waals surface area (Å²) in [6.07, 6.45) is 5.79. The predicted molar refractivity (Wildman–Crippen MR) is 45.3 cm³/mol. The molecule has 11 heavy (non-hydrogen) atoms. The molecule has 1 aromatic rings. The normalized spacial score (nSPS) is 19.7. The number of hydrogen-bond donors (Lipinski definition) is 0. The van der Waals surface area contributed by atoms with Gasteiger partial charge < -0.3 is 0 Å². The summed E-state index contributed by atoms with van der Waals surface area (Å²) in [5, 5.41) is 0. The van der Waals surface area contributed by atoms with Gasteiger partial charge in [0.05, 0.1) is 0 Å². The zero-order chi connectivity index (χ0) is 7.73. The van der Waals surface area contributed by atoms with E-state index in [1.165, 1.54) is 18.5 Å². The molecule has 1 fully saturated rings. The van der Waals surface area contributed by atoms with Crippen molar-refractivity contribution in [3.8, 4) is 0 Å². The van der Waals surface area contributed by atoms with Gasteiger partial charge in [0.25, 0.3) is 0 Å². The highest BCUT2D eigenvalue weighted by Crippen LogP contribution is 2.47. The average molecular weight is 147 g/mol. The van der Waals surface area contributed by atoms with Gasteiger partial charge in [0.2, 0.25) is 0 Å². The number of nitrogens with zero attached hydrogens (tertiary/aromatic N) is 1. The van der Waals surface area contributed by atoms with Crippen LogP contribution in [0.3, 0.4) is 0 Å². The molecule has 0 aliphatic heterocycles. The van der Waals surface area contributed by atoms with E-state index < -0.39 is 0 Å². The fraction of sp³-hybridized carbons (Fsp3) is 0.500. The van der Waals surface area contributed by atoms with Crippen LogP contribution in [0.5, 0.6) is 0 Å². The maximum atomic E-state index is 4.30. The van der Waals surface area contributed by atoms with Gasteiger partial charge >= 0.3 is 0 Å². The standard InChI is InChI=1S/C10H13N/c1-10(5-6-10)8-9-4-2-3-7-11-9/h2-4,7H,5-6,8H2,1H3. The topological polar surface area (TPSA) is 12.9 Å². The lowest BCUT2D eigenvalue weighted by molar-refractivity contribution is 0.561. The van der Waals surface area contributed by atoms with E-state index in [0.717, 1.165) is 6.42 Å². The van der Waals surface area contributed by atoms with Crippen LogP contribution in [0.2, 0.25) is 0 Å². The van der Waals surface area contributed by atoms with E-state index in [-0.39, 0.29) is 0 Å². The van der Waals surface area contributed by atoms with Crippen LogP contribution in [-0.2, 0) is 6.42 Å². The molecule has 1 heteroatoms. The van der Waals surface area contributed by atoms with E-state index in [2.05, 4.69) is 24.0 Å². The van der Waals surface area contributed by atoms with Crippen molar-refractivity contribution in [2.24, 2.45) is 5.41 Å². The van der Waals surface area contributed by atoms with Gasteiger partial charge in [0, 0.05) is 11.9 Å². The summed E-state index contributed by atoms with van der Waals surface area (Å²) in [6.45, 7) is 2.34. The van der Waals surface area contributed by atoms with Crippen LogP contribution in [0.4, 0.5) is 0 Å². The molecule has 0 aromatic carbocycles. The first kappa shape index (κ1) is 6.84. The first-order chi connectivity index (χ1) is 5.29. The third kappa shape index (κ3) is 1.59. The second-order valence-corrected chi connectivity index (χ2v) is 3.81. The van der Waals surface area contributed by atoms with Crippen LogP contribution >= 0.6 is 0 Å². The summed E-state index contributed by atoms with van der Waals surface area (Å²) in [5.41, 5.74) is 1.83. The predicted octanol–water partition coefficient (Wildman–Crippen LogP) is 2.42. The van der Waals surface area contributed by atoms with Crippen molar-refractivity contribution in [3.63, 3.8) is 0 Å². The molecule has 1 nitrogen and oxygen atoms in total. The van der Waals surface area contributed by atoms with Crippen molar-refractivity contribution in [2.75, 3.05) is 0 Å². The lowest BCUT2D eigenvalue weighted by atomic mass is 10.0. The van der Waals surface area contributed by atoms with Gasteiger partial charge in [-0.25, -0.2) is 0 Å². The van der Waals surface area contributed by atoms with Crippen LogP contribution in [0.25, 0.3) is 0 Å². The van der Waals surface area contributed by atoms with Crippen molar-refractivity contribution in [1.29, 1.82) is 0 Å². The summed E-state index contributed by atoms with van der Waals surface area (Å²) in [7, 11) is 0. The fourth-order valence-electron chi connectivity index (χ4n) is 1.33. The Balaban J connectivity index is 2.07. The number of aromatic nitrogens is 1. The molecular weight excluding hydrogens is 134 g/mol. The Labute approximate surface area is 67.5 Å². The summed E-state index contributed by atoms with van der Waals surface area (Å²) in [4.78, 5) is 4.30. The molecule has 0 amide bonds. The van der Waals surface area contributed by atoms with Crippen molar-refractivity contribution in [3.05, 3.63) is 30.1 Å². The van der Waals surface area contributed by atoms with Crippen molar-refractivity contribution in [1.82, 2.24) is 4.98 Å². The highest BCUT2D eigenvalue weighted by atomic mass is 14.7. The Hall–Kier alpha value is -0.850. The van der Waals surface area contributed by atoms with Crippen LogP contribution in [0, 0.1) is 5.41 Å². The number of pyridine rings is 1. The first-order valence-corrected chi connectivity index (χ1v) is 4.18. The molecule has 1 saturated carbocycles. The molecule has 0 radical (unpaired) electrons. The third-order valence-corrected chi connectivity index (χ3v) is 2.44. The second-order valence-electron chi connectivity index (χ2n) is 3.81. The Kier molecular flexibility index (Phi) is 1.45. The van der Waals surface area contributed by atoms with Gasteiger partial charge in [-0.15, -0.1) is 0 Å². The molecule has 0 saturated heterocycles. The van der Waals surface area contributed by atoms with Crippen LogP contribution in [0.1, 0.15) is 25.5 Å². The molecule has 0 atom stereocenters. The summed E-state index contributed by atoms with van der Waals surface area (Å²) >= 11 is 0. The Morgan fingerprint density at radius 1 is 1.45 bits per heavy atom. The van der Waals surface area contributed by atoms with Crippen molar-refractivity contribution >= 4 is 0 Å². The first-order valence-electron chi connectivity index (χ1n) is 4.18. The van der Waals surface area contributed by atoms with E-state index in [0.29, 0.717) is 5.41 Å². The van der Waals surface area contributed by atoms with E-state index in [1.54, 1.807) is 0 Å². The quantitative estimate of drug-likeness (QED) is 0.626.